The van der Waals surface area contributed by atoms with Crippen LogP contribution in [-0.4, -0.2) is 53.4 Å². The summed E-state index contributed by atoms with van der Waals surface area (Å²) < 4.78 is 24.0. The van der Waals surface area contributed by atoms with E-state index < -0.39 is 18.0 Å². The Hall–Kier alpha value is -3.66. The summed E-state index contributed by atoms with van der Waals surface area (Å²) in [6.07, 6.45) is -0.0350. The minimum Gasteiger partial charge on any atom is -0.467 e. The highest BCUT2D eigenvalue weighted by atomic mass is 32.1. The van der Waals surface area contributed by atoms with Crippen LogP contribution in [0, 0.1) is 5.82 Å². The number of nitrogens with one attached hydrogen (secondary N) is 1. The van der Waals surface area contributed by atoms with Gasteiger partial charge in [-0.05, 0) is 47.8 Å². The molecular weight excluding hydrogens is 437 g/mol. The van der Waals surface area contributed by atoms with Crippen molar-refractivity contribution in [2.75, 3.05) is 25.0 Å². The van der Waals surface area contributed by atoms with E-state index in [0.29, 0.717) is 16.3 Å². The van der Waals surface area contributed by atoms with Gasteiger partial charge in [-0.1, -0.05) is 6.07 Å². The Kier molecular flexibility index (Phi) is 6.50. The van der Waals surface area contributed by atoms with Gasteiger partial charge < -0.3 is 19.0 Å². The number of benzene rings is 1. The molecule has 10 heteroatoms. The van der Waals surface area contributed by atoms with E-state index in [-0.39, 0.29) is 38.0 Å². The van der Waals surface area contributed by atoms with Gasteiger partial charge in [0.15, 0.2) is 0 Å². The lowest BCUT2D eigenvalue weighted by Gasteiger charge is -2.24. The SMILES string of the molecule is O=C(Nc1ccc(F)cc1)OC1CN(Cc2ccco2)C(=O)CN(C(=O)c2cccs2)C1. The van der Waals surface area contributed by atoms with Crippen molar-refractivity contribution >= 4 is 34.9 Å². The summed E-state index contributed by atoms with van der Waals surface area (Å²) in [5.74, 6) is -0.439. The number of furan rings is 1. The van der Waals surface area contributed by atoms with E-state index in [0.717, 1.165) is 0 Å². The quantitative estimate of drug-likeness (QED) is 0.632. The van der Waals surface area contributed by atoms with Gasteiger partial charge in [0, 0.05) is 5.69 Å². The molecule has 1 fully saturated rings. The molecule has 2 aromatic heterocycles. The van der Waals surface area contributed by atoms with E-state index in [1.165, 1.54) is 51.7 Å². The summed E-state index contributed by atoms with van der Waals surface area (Å²) in [6.45, 7) is 0.182. The van der Waals surface area contributed by atoms with Crippen molar-refractivity contribution in [1.82, 2.24) is 9.80 Å². The summed E-state index contributed by atoms with van der Waals surface area (Å²) in [5, 5.41) is 4.31. The molecule has 0 bridgehead atoms. The summed E-state index contributed by atoms with van der Waals surface area (Å²) in [5.41, 5.74) is 0.361. The fourth-order valence-corrected chi connectivity index (χ4v) is 4.03. The van der Waals surface area contributed by atoms with Crippen molar-refractivity contribution < 1.29 is 27.9 Å². The second-order valence-electron chi connectivity index (χ2n) is 7.18. The monoisotopic (exact) mass is 457 g/mol. The van der Waals surface area contributed by atoms with Crippen molar-refractivity contribution in [3.8, 4) is 0 Å². The topological polar surface area (TPSA) is 92.1 Å². The molecule has 1 saturated heterocycles. The van der Waals surface area contributed by atoms with Crippen LogP contribution in [-0.2, 0) is 16.1 Å². The Morgan fingerprint density at radius 3 is 2.66 bits per heavy atom. The van der Waals surface area contributed by atoms with Gasteiger partial charge in [-0.25, -0.2) is 9.18 Å². The molecule has 1 N–H and O–H groups in total. The first-order valence-electron chi connectivity index (χ1n) is 9.84. The molecule has 0 saturated carbocycles. The number of hydrogen-bond donors (Lipinski definition) is 1. The van der Waals surface area contributed by atoms with E-state index in [1.54, 1.807) is 29.6 Å². The van der Waals surface area contributed by atoms with Gasteiger partial charge in [0.1, 0.15) is 24.2 Å². The number of carbonyl (C=O) groups excluding carboxylic acids is 3. The van der Waals surface area contributed by atoms with Crippen LogP contribution in [0.5, 0.6) is 0 Å². The number of halogens is 1. The minimum atomic E-state index is -0.777. The first-order chi connectivity index (χ1) is 15.5. The van der Waals surface area contributed by atoms with Crippen LogP contribution in [0.1, 0.15) is 15.4 Å². The van der Waals surface area contributed by atoms with Crippen molar-refractivity contribution in [2.45, 2.75) is 12.6 Å². The maximum Gasteiger partial charge on any atom is 0.412 e. The fraction of sp³-hybridized carbons (Fsp3) is 0.227. The average Bonchev–Trinajstić information content (AvgIpc) is 3.45. The Balaban J connectivity index is 1.50. The number of rotatable bonds is 5. The molecule has 32 heavy (non-hydrogen) atoms. The largest absolute Gasteiger partial charge is 0.467 e. The maximum absolute atomic E-state index is 13.1. The minimum absolute atomic E-state index is 0.0496. The van der Waals surface area contributed by atoms with Crippen LogP contribution in [0.2, 0.25) is 0 Å². The molecule has 4 rings (SSSR count). The lowest BCUT2D eigenvalue weighted by atomic mass is 10.3. The third kappa shape index (κ3) is 5.33. The highest BCUT2D eigenvalue weighted by molar-refractivity contribution is 7.12. The molecule has 1 unspecified atom stereocenters. The summed E-state index contributed by atoms with van der Waals surface area (Å²) in [6, 6.07) is 12.1. The van der Waals surface area contributed by atoms with Crippen LogP contribution >= 0.6 is 11.3 Å². The molecule has 1 aromatic carbocycles. The fourth-order valence-electron chi connectivity index (χ4n) is 3.34. The number of ether oxygens (including phenoxy) is 1. The Bertz CT molecular complexity index is 1070. The Morgan fingerprint density at radius 1 is 1.16 bits per heavy atom. The molecule has 0 radical (unpaired) electrons. The zero-order valence-electron chi connectivity index (χ0n) is 16.9. The van der Waals surface area contributed by atoms with Crippen LogP contribution in [0.25, 0.3) is 0 Å². The van der Waals surface area contributed by atoms with Crippen LogP contribution in [0.4, 0.5) is 14.9 Å². The molecule has 3 heterocycles. The van der Waals surface area contributed by atoms with Crippen LogP contribution < -0.4 is 5.32 Å². The average molecular weight is 457 g/mol. The predicted molar refractivity (Wildman–Crippen MR) is 115 cm³/mol. The van der Waals surface area contributed by atoms with E-state index in [2.05, 4.69) is 5.32 Å². The van der Waals surface area contributed by atoms with Gasteiger partial charge in [-0.2, -0.15) is 0 Å². The number of carbonyl (C=O) groups is 3. The number of hydrogen-bond acceptors (Lipinski definition) is 6. The highest BCUT2D eigenvalue weighted by Crippen LogP contribution is 2.18. The highest BCUT2D eigenvalue weighted by Gasteiger charge is 2.33. The van der Waals surface area contributed by atoms with Crippen molar-refractivity contribution in [2.24, 2.45) is 0 Å². The molecule has 8 nitrogen and oxygen atoms in total. The first-order valence-corrected chi connectivity index (χ1v) is 10.7. The smallest absolute Gasteiger partial charge is 0.412 e. The van der Waals surface area contributed by atoms with E-state index in [4.69, 9.17) is 9.15 Å². The zero-order chi connectivity index (χ0) is 22.5. The second kappa shape index (κ2) is 9.65. The maximum atomic E-state index is 13.1. The molecule has 3 amide bonds. The summed E-state index contributed by atoms with van der Waals surface area (Å²) >= 11 is 1.27. The van der Waals surface area contributed by atoms with Gasteiger partial charge >= 0.3 is 6.09 Å². The number of anilines is 1. The third-order valence-electron chi connectivity index (χ3n) is 4.84. The molecular formula is C22H20FN3O5S. The van der Waals surface area contributed by atoms with E-state index in [9.17, 15) is 18.8 Å². The lowest BCUT2D eigenvalue weighted by Crippen LogP contribution is -2.40. The van der Waals surface area contributed by atoms with Gasteiger partial charge in [-0.3, -0.25) is 14.9 Å². The van der Waals surface area contributed by atoms with Crippen LogP contribution in [0.15, 0.2) is 64.6 Å². The molecule has 1 aliphatic heterocycles. The van der Waals surface area contributed by atoms with Gasteiger partial charge in [-0.15, -0.1) is 11.3 Å². The molecule has 1 aliphatic rings. The van der Waals surface area contributed by atoms with Gasteiger partial charge in [0.2, 0.25) is 5.91 Å². The molecule has 0 spiro atoms. The molecule has 166 valence electrons. The molecule has 0 aliphatic carbocycles. The van der Waals surface area contributed by atoms with Crippen molar-refractivity contribution in [3.63, 3.8) is 0 Å². The van der Waals surface area contributed by atoms with E-state index in [1.807, 2.05) is 0 Å². The predicted octanol–water partition coefficient (Wildman–Crippen LogP) is 3.58. The van der Waals surface area contributed by atoms with Crippen LogP contribution in [0.3, 0.4) is 0 Å². The third-order valence-corrected chi connectivity index (χ3v) is 5.70. The standard InChI is InChI=1S/C22H20FN3O5S/c23-15-5-7-16(8-6-15)24-22(29)31-18-12-25(11-17-3-1-9-30-17)20(27)14-26(13-18)21(28)19-4-2-10-32-19/h1-10,18H,11-14H2,(H,24,29). The van der Waals surface area contributed by atoms with E-state index >= 15 is 0 Å². The Morgan fingerprint density at radius 2 is 1.97 bits per heavy atom. The van der Waals surface area contributed by atoms with Crippen molar-refractivity contribution in [3.05, 3.63) is 76.6 Å². The van der Waals surface area contributed by atoms with Crippen molar-refractivity contribution in [1.29, 1.82) is 0 Å². The van der Waals surface area contributed by atoms with Gasteiger partial charge in [0.05, 0.1) is 30.8 Å². The molecule has 1 atom stereocenters. The molecule has 3 aromatic rings. The second-order valence-corrected chi connectivity index (χ2v) is 8.12. The summed E-state index contributed by atoms with van der Waals surface area (Å²) in [7, 11) is 0. The zero-order valence-corrected chi connectivity index (χ0v) is 17.7. The normalized spacial score (nSPS) is 16.5. The van der Waals surface area contributed by atoms with Gasteiger partial charge in [0.25, 0.3) is 5.91 Å². The number of nitrogens with zero attached hydrogens (tertiary/aromatic N) is 2. The Labute approximate surface area is 187 Å². The number of thiophene rings is 1. The summed E-state index contributed by atoms with van der Waals surface area (Å²) in [4.78, 5) is 41.6. The lowest BCUT2D eigenvalue weighted by molar-refractivity contribution is -0.132. The number of amides is 3. The first kappa shape index (κ1) is 21.6.